The van der Waals surface area contributed by atoms with Gasteiger partial charge in [0.1, 0.15) is 17.2 Å². The zero-order valence-corrected chi connectivity index (χ0v) is 24.7. The molecule has 6 nitrogen and oxygen atoms in total. The van der Waals surface area contributed by atoms with Crippen molar-refractivity contribution >= 4 is 33.6 Å². The molecule has 6 aromatic rings. The number of halogens is 7. The fourth-order valence-electron chi connectivity index (χ4n) is 6.26. The molecule has 0 saturated heterocycles. The van der Waals surface area contributed by atoms with Crippen molar-refractivity contribution in [3.8, 4) is 22.3 Å². The molecule has 0 bridgehead atoms. The van der Waals surface area contributed by atoms with Gasteiger partial charge < -0.3 is 19.8 Å². The van der Waals surface area contributed by atoms with Gasteiger partial charge in [-0.25, -0.2) is 30.7 Å². The third kappa shape index (κ3) is 5.15. The number of hydrogen-bond acceptors (Lipinski definition) is 2. The summed E-state index contributed by atoms with van der Waals surface area (Å²) in [5.74, 6) is -7.42. The Kier molecular flexibility index (Phi) is 7.69. The lowest BCUT2D eigenvalue weighted by atomic mass is 10.0. The van der Waals surface area contributed by atoms with E-state index in [2.05, 4.69) is 10.6 Å². The van der Waals surface area contributed by atoms with E-state index in [1.165, 1.54) is 42.5 Å². The quantitative estimate of drug-likeness (QED) is 0.189. The van der Waals surface area contributed by atoms with E-state index in [1.54, 1.807) is 9.13 Å². The van der Waals surface area contributed by atoms with Crippen molar-refractivity contribution in [3.05, 3.63) is 119 Å². The minimum atomic E-state index is -1.12. The summed E-state index contributed by atoms with van der Waals surface area (Å²) in [5.41, 5.74) is 2.63. The monoisotopic (exact) mass is 664 g/mol. The van der Waals surface area contributed by atoms with E-state index in [1.807, 2.05) is 0 Å². The maximum absolute atomic E-state index is 14.3. The molecule has 244 valence electrons. The number of carbonyl (C=O) groups is 2. The summed E-state index contributed by atoms with van der Waals surface area (Å²) in [6.45, 7) is 1.74. The van der Waals surface area contributed by atoms with Crippen molar-refractivity contribution in [1.82, 2.24) is 19.8 Å². The predicted octanol–water partition coefficient (Wildman–Crippen LogP) is 7.47. The first-order chi connectivity index (χ1) is 23.0. The van der Waals surface area contributed by atoms with Crippen LogP contribution in [-0.2, 0) is 13.1 Å². The molecule has 0 saturated carbocycles. The van der Waals surface area contributed by atoms with E-state index in [-0.39, 0.29) is 39.0 Å². The van der Waals surface area contributed by atoms with Crippen molar-refractivity contribution in [1.29, 1.82) is 0 Å². The van der Waals surface area contributed by atoms with Crippen LogP contribution in [0.25, 0.3) is 44.1 Å². The summed E-state index contributed by atoms with van der Waals surface area (Å²) in [6, 6.07) is 13.4. The largest absolute Gasteiger partial charge is 0.351 e. The van der Waals surface area contributed by atoms with Gasteiger partial charge in [-0.05, 0) is 66.1 Å². The Hall–Kier alpha value is -5.59. The Bertz CT molecular complexity index is 2290. The van der Waals surface area contributed by atoms with E-state index in [0.29, 0.717) is 54.9 Å². The van der Waals surface area contributed by atoms with Gasteiger partial charge in [-0.2, -0.15) is 0 Å². The summed E-state index contributed by atoms with van der Waals surface area (Å²) in [4.78, 5) is 24.1. The topological polar surface area (TPSA) is 68.1 Å². The fraction of sp³-hybridized carbons (Fsp3) is 0.143. The van der Waals surface area contributed by atoms with Crippen LogP contribution in [0.4, 0.5) is 30.7 Å². The number of aryl methyl sites for hydroxylation is 1. The van der Waals surface area contributed by atoms with Gasteiger partial charge in [-0.1, -0.05) is 18.2 Å². The van der Waals surface area contributed by atoms with Crippen LogP contribution < -0.4 is 10.6 Å². The average Bonchev–Trinajstić information content (AvgIpc) is 3.60. The second-order valence-electron chi connectivity index (χ2n) is 11.3. The van der Waals surface area contributed by atoms with Crippen LogP contribution in [0.15, 0.2) is 66.7 Å². The van der Waals surface area contributed by atoms with Gasteiger partial charge in [-0.15, -0.1) is 0 Å². The summed E-state index contributed by atoms with van der Waals surface area (Å²) in [5, 5.41) is 5.35. The van der Waals surface area contributed by atoms with Crippen LogP contribution in [-0.4, -0.2) is 34.0 Å². The number of carbonyl (C=O) groups excluding carboxylic acids is 2. The number of benzene rings is 4. The molecule has 48 heavy (non-hydrogen) atoms. The number of nitrogens with zero attached hydrogens (tertiary/aromatic N) is 2. The molecule has 0 spiro atoms. The number of nitrogens with one attached hydrogen (secondary N) is 2. The standard InChI is InChI=1S/C18H13F3N2O.C17H10F4N2O/c19-11-4-2-10(3-5-11)12-8-14(20)16(21)13-9-15-18(24)22-6-1-7-23(15)17(12)13;18-11-2-1-8(5-12(11)19)9-6-13(20)15(21)10-7-14-17(24)22-3-4-23(14)16(9)10/h2-5,8-9H,1,6-7H2,(H,22,24);1-2,5-7H,3-4H2,(H,22,24). The van der Waals surface area contributed by atoms with Crippen molar-refractivity contribution in [2.75, 3.05) is 13.1 Å². The zero-order valence-electron chi connectivity index (χ0n) is 24.7. The zero-order chi connectivity index (χ0) is 33.9. The van der Waals surface area contributed by atoms with Crippen LogP contribution in [0.1, 0.15) is 27.4 Å². The summed E-state index contributed by atoms with van der Waals surface area (Å²) in [7, 11) is 0. The second kappa shape index (κ2) is 11.9. The molecule has 2 N–H and O–H groups in total. The normalized spacial score (nSPS) is 14.1. The minimum Gasteiger partial charge on any atom is -0.351 e. The molecule has 2 aliphatic rings. The predicted molar refractivity (Wildman–Crippen MR) is 164 cm³/mol. The lowest BCUT2D eigenvalue weighted by molar-refractivity contribution is 0.0926. The number of aromatic nitrogens is 2. The van der Waals surface area contributed by atoms with Crippen molar-refractivity contribution in [2.24, 2.45) is 0 Å². The molecule has 0 aliphatic carbocycles. The first kappa shape index (κ1) is 31.0. The Morgan fingerprint density at radius 3 is 1.62 bits per heavy atom. The van der Waals surface area contributed by atoms with E-state index in [4.69, 9.17) is 0 Å². The van der Waals surface area contributed by atoms with E-state index in [9.17, 15) is 40.3 Å². The van der Waals surface area contributed by atoms with Gasteiger partial charge >= 0.3 is 0 Å². The molecule has 0 unspecified atom stereocenters. The smallest absolute Gasteiger partial charge is 0.268 e. The highest BCUT2D eigenvalue weighted by Crippen LogP contribution is 2.37. The lowest BCUT2D eigenvalue weighted by Crippen LogP contribution is -2.34. The van der Waals surface area contributed by atoms with Gasteiger partial charge in [0.25, 0.3) is 11.8 Å². The Morgan fingerprint density at radius 1 is 0.521 bits per heavy atom. The Morgan fingerprint density at radius 2 is 1.04 bits per heavy atom. The summed E-state index contributed by atoms with van der Waals surface area (Å²) < 4.78 is 99.7. The first-order valence-corrected chi connectivity index (χ1v) is 14.8. The SMILES string of the molecule is O=C1NCCCn2c1cc1c(F)c(F)cc(-c3ccc(F)cc3)c12.O=C1NCCn2c1cc1c(F)c(F)cc(-c3ccc(F)c(F)c3)c12. The van der Waals surface area contributed by atoms with Gasteiger partial charge in [0.05, 0.1) is 11.0 Å². The van der Waals surface area contributed by atoms with E-state index >= 15 is 0 Å². The maximum Gasteiger partial charge on any atom is 0.268 e. The van der Waals surface area contributed by atoms with Gasteiger partial charge in [0, 0.05) is 48.1 Å². The van der Waals surface area contributed by atoms with E-state index < -0.39 is 46.6 Å². The number of hydrogen-bond donors (Lipinski definition) is 2. The van der Waals surface area contributed by atoms with Crippen LogP contribution in [0.3, 0.4) is 0 Å². The molecule has 0 fully saturated rings. The molecular weight excluding hydrogens is 641 g/mol. The summed E-state index contributed by atoms with van der Waals surface area (Å²) in [6.07, 6.45) is 0.685. The van der Waals surface area contributed by atoms with Gasteiger partial charge in [0.15, 0.2) is 34.9 Å². The van der Waals surface area contributed by atoms with Crippen LogP contribution in [0.2, 0.25) is 0 Å². The van der Waals surface area contributed by atoms with Crippen LogP contribution in [0, 0.1) is 40.7 Å². The summed E-state index contributed by atoms with van der Waals surface area (Å²) >= 11 is 0. The van der Waals surface area contributed by atoms with Crippen molar-refractivity contribution in [2.45, 2.75) is 19.5 Å². The average molecular weight is 665 g/mol. The van der Waals surface area contributed by atoms with Crippen molar-refractivity contribution < 1.29 is 40.3 Å². The third-order valence-electron chi connectivity index (χ3n) is 8.45. The molecule has 2 amide bonds. The Labute approximate surface area is 267 Å². The third-order valence-corrected chi connectivity index (χ3v) is 8.45. The lowest BCUT2D eigenvalue weighted by Gasteiger charge is -2.18. The highest BCUT2D eigenvalue weighted by molar-refractivity contribution is 6.05. The van der Waals surface area contributed by atoms with Crippen LogP contribution >= 0.6 is 0 Å². The molecule has 2 aromatic heterocycles. The first-order valence-electron chi connectivity index (χ1n) is 14.8. The van der Waals surface area contributed by atoms with Crippen LogP contribution in [0.5, 0.6) is 0 Å². The molecule has 2 aliphatic heterocycles. The van der Waals surface area contributed by atoms with E-state index in [0.717, 1.165) is 24.3 Å². The molecule has 0 atom stereocenters. The minimum absolute atomic E-state index is 0.0568. The molecule has 4 heterocycles. The fourth-order valence-corrected chi connectivity index (χ4v) is 6.26. The molecule has 13 heteroatoms. The van der Waals surface area contributed by atoms with Gasteiger partial charge in [-0.3, -0.25) is 9.59 Å². The molecule has 0 radical (unpaired) electrons. The number of fused-ring (bicyclic) bond motifs is 6. The maximum atomic E-state index is 14.3. The molecule has 4 aromatic carbocycles. The second-order valence-corrected chi connectivity index (χ2v) is 11.3. The highest BCUT2D eigenvalue weighted by atomic mass is 19.2. The van der Waals surface area contributed by atoms with Gasteiger partial charge in [0.2, 0.25) is 0 Å². The highest BCUT2D eigenvalue weighted by Gasteiger charge is 2.26. The molecule has 8 rings (SSSR count). The molecular formula is C35H23F7N4O2. The van der Waals surface area contributed by atoms with Crippen molar-refractivity contribution in [3.63, 3.8) is 0 Å². The number of amides is 2. The Balaban J connectivity index is 0.000000152. The number of rotatable bonds is 2.